The molecule has 1 aliphatic rings. The Morgan fingerprint density at radius 3 is 1.92 bits per heavy atom. The average molecular weight is 213 g/mol. The molecule has 1 saturated heterocycles. The van der Waals surface area contributed by atoms with Crippen LogP contribution in [0, 0.1) is 5.92 Å². The van der Waals surface area contributed by atoms with Crippen LogP contribution in [0.1, 0.15) is 13.8 Å². The molecule has 0 aromatic rings. The largest absolute Gasteiger partial charge is 0.228 e. The molecule has 0 amide bonds. The van der Waals surface area contributed by atoms with Crippen LogP contribution in [0.2, 0.25) is 0 Å². The van der Waals surface area contributed by atoms with Crippen molar-refractivity contribution in [2.24, 2.45) is 5.92 Å². The van der Waals surface area contributed by atoms with Crippen molar-refractivity contribution in [2.45, 2.75) is 19.1 Å². The molecule has 1 unspecified atom stereocenters. The van der Waals surface area contributed by atoms with Gasteiger partial charge in [0.2, 0.25) is 20.0 Å². The van der Waals surface area contributed by atoms with E-state index < -0.39 is 25.3 Å². The Balaban J connectivity index is 3.10. The molecule has 0 aromatic heterocycles. The van der Waals surface area contributed by atoms with Crippen molar-refractivity contribution in [1.82, 2.24) is 4.13 Å². The second-order valence-electron chi connectivity index (χ2n) is 3.19. The lowest BCUT2D eigenvalue weighted by Crippen LogP contribution is -2.28. The van der Waals surface area contributed by atoms with Crippen LogP contribution >= 0.6 is 0 Å². The lowest BCUT2D eigenvalue weighted by atomic mass is 10.1. The quantitative estimate of drug-likeness (QED) is 0.623. The minimum Gasteiger partial charge on any atom is -0.211 e. The smallest absolute Gasteiger partial charge is 0.211 e. The molecule has 0 radical (unpaired) electrons. The van der Waals surface area contributed by atoms with E-state index in [1.54, 1.807) is 18.0 Å². The average Bonchev–Trinajstić information content (AvgIpc) is 1.99. The van der Waals surface area contributed by atoms with E-state index in [1.807, 2.05) is 0 Å². The van der Waals surface area contributed by atoms with Crippen LogP contribution in [0.15, 0.2) is 0 Å². The van der Waals surface area contributed by atoms with E-state index in [9.17, 15) is 16.8 Å². The van der Waals surface area contributed by atoms with Gasteiger partial charge < -0.3 is 0 Å². The van der Waals surface area contributed by atoms with Crippen molar-refractivity contribution in [3.8, 4) is 0 Å². The van der Waals surface area contributed by atoms with Crippen molar-refractivity contribution in [3.63, 3.8) is 0 Å². The lowest BCUT2D eigenvalue weighted by Gasteiger charge is -2.09. The maximum atomic E-state index is 11.1. The highest BCUT2D eigenvalue weighted by molar-refractivity contribution is 8.08. The van der Waals surface area contributed by atoms with Gasteiger partial charge in [-0.05, 0) is 5.92 Å². The Kier molecular flexibility index (Phi) is 2.22. The van der Waals surface area contributed by atoms with E-state index in [-0.39, 0.29) is 11.7 Å². The molecule has 1 aliphatic heterocycles. The third-order valence-corrected chi connectivity index (χ3v) is 6.23. The van der Waals surface area contributed by atoms with Gasteiger partial charge >= 0.3 is 0 Å². The van der Waals surface area contributed by atoms with Gasteiger partial charge in [0.25, 0.3) is 0 Å². The molecule has 1 heterocycles. The highest BCUT2D eigenvalue weighted by Crippen LogP contribution is 2.19. The van der Waals surface area contributed by atoms with Gasteiger partial charge in [0.1, 0.15) is 0 Å². The molecule has 0 saturated carbocycles. The van der Waals surface area contributed by atoms with Crippen molar-refractivity contribution < 1.29 is 16.8 Å². The molecule has 1 fully saturated rings. The van der Waals surface area contributed by atoms with Gasteiger partial charge in [0, 0.05) is 0 Å². The van der Waals surface area contributed by atoms with Crippen LogP contribution in [0.25, 0.3) is 0 Å². The molecule has 12 heavy (non-hydrogen) atoms. The van der Waals surface area contributed by atoms with Crippen LogP contribution < -0.4 is 4.13 Å². The lowest BCUT2D eigenvalue weighted by molar-refractivity contribution is 0.551. The van der Waals surface area contributed by atoms with Crippen molar-refractivity contribution in [3.05, 3.63) is 0 Å². The molecule has 1 N–H and O–H groups in total. The van der Waals surface area contributed by atoms with Gasteiger partial charge in [0.05, 0.1) is 11.0 Å². The first-order chi connectivity index (χ1) is 5.25. The molecule has 1 atom stereocenters. The van der Waals surface area contributed by atoms with Gasteiger partial charge in [-0.25, -0.2) is 16.8 Å². The summed E-state index contributed by atoms with van der Waals surface area (Å²) in [7, 11) is -7.22. The van der Waals surface area contributed by atoms with E-state index in [4.69, 9.17) is 0 Å². The summed E-state index contributed by atoms with van der Waals surface area (Å²) in [6, 6.07) is 0. The Labute approximate surface area is 72.3 Å². The van der Waals surface area contributed by atoms with Gasteiger partial charge in [0.15, 0.2) is 0 Å². The van der Waals surface area contributed by atoms with E-state index in [2.05, 4.69) is 0 Å². The third-order valence-electron chi connectivity index (χ3n) is 1.77. The molecule has 0 aliphatic carbocycles. The number of hydrogen-bond acceptors (Lipinski definition) is 4. The SMILES string of the molecule is CC(C)C1CS(=O)(=O)NS1(=O)=O. The van der Waals surface area contributed by atoms with Crippen molar-refractivity contribution in [2.75, 3.05) is 5.75 Å². The summed E-state index contributed by atoms with van der Waals surface area (Å²) < 4.78 is 45.6. The van der Waals surface area contributed by atoms with Gasteiger partial charge in [-0.3, -0.25) is 0 Å². The first-order valence-electron chi connectivity index (χ1n) is 3.50. The monoisotopic (exact) mass is 213 g/mol. The maximum absolute atomic E-state index is 11.1. The second kappa shape index (κ2) is 2.68. The molecular weight excluding hydrogens is 202 g/mol. The zero-order valence-electron chi connectivity index (χ0n) is 6.81. The van der Waals surface area contributed by atoms with Crippen LogP contribution in [-0.4, -0.2) is 27.8 Å². The van der Waals surface area contributed by atoms with E-state index in [0.29, 0.717) is 0 Å². The third kappa shape index (κ3) is 1.78. The van der Waals surface area contributed by atoms with Gasteiger partial charge in [-0.15, -0.1) is 4.13 Å². The first-order valence-corrected chi connectivity index (χ1v) is 6.69. The predicted octanol–water partition coefficient (Wildman–Crippen LogP) is -0.726. The highest BCUT2D eigenvalue weighted by atomic mass is 32.3. The number of nitrogens with one attached hydrogen (secondary N) is 1. The van der Waals surface area contributed by atoms with Gasteiger partial charge in [-0.2, -0.15) is 0 Å². The molecule has 1 rings (SSSR count). The predicted molar refractivity (Wildman–Crippen MR) is 44.5 cm³/mol. The van der Waals surface area contributed by atoms with Crippen molar-refractivity contribution >= 4 is 20.0 Å². The standard InChI is InChI=1S/C5H11NO4S2/c1-4(2)5-3-11(7,8)6-12(5,9)10/h4-6H,3H2,1-2H3. The Morgan fingerprint density at radius 2 is 1.75 bits per heavy atom. The summed E-state index contributed by atoms with van der Waals surface area (Å²) in [5.74, 6) is -0.493. The molecular formula is C5H11NO4S2. The van der Waals surface area contributed by atoms with Crippen LogP contribution in [-0.2, 0) is 20.0 Å². The van der Waals surface area contributed by atoms with Gasteiger partial charge in [-0.1, -0.05) is 13.8 Å². The summed E-state index contributed by atoms with van der Waals surface area (Å²) >= 11 is 0. The first kappa shape index (κ1) is 9.94. The summed E-state index contributed by atoms with van der Waals surface area (Å²) in [6.07, 6.45) is 0. The van der Waals surface area contributed by atoms with Crippen LogP contribution in [0.4, 0.5) is 0 Å². The number of hydrogen-bond donors (Lipinski definition) is 1. The van der Waals surface area contributed by atoms with Crippen LogP contribution in [0.5, 0.6) is 0 Å². The fourth-order valence-corrected chi connectivity index (χ4v) is 6.10. The zero-order chi connectivity index (χ0) is 9.57. The Morgan fingerprint density at radius 1 is 1.25 bits per heavy atom. The summed E-state index contributed by atoms with van der Waals surface area (Å²) in [5.41, 5.74) is 0. The fourth-order valence-electron chi connectivity index (χ4n) is 1.13. The maximum Gasteiger partial charge on any atom is 0.228 e. The van der Waals surface area contributed by atoms with E-state index in [0.717, 1.165) is 0 Å². The van der Waals surface area contributed by atoms with E-state index in [1.165, 1.54) is 0 Å². The molecule has 0 spiro atoms. The van der Waals surface area contributed by atoms with Crippen molar-refractivity contribution in [1.29, 1.82) is 0 Å². The summed E-state index contributed by atoms with van der Waals surface area (Å²) in [5, 5.41) is -0.803. The molecule has 7 heteroatoms. The topological polar surface area (TPSA) is 80.3 Å². The summed E-state index contributed by atoms with van der Waals surface area (Å²) in [6.45, 7) is 3.37. The summed E-state index contributed by atoms with van der Waals surface area (Å²) in [4.78, 5) is 0. The normalized spacial score (nSPS) is 32.4. The fraction of sp³-hybridized carbons (Fsp3) is 1.00. The molecule has 0 bridgehead atoms. The minimum atomic E-state index is -3.63. The highest BCUT2D eigenvalue weighted by Gasteiger charge is 2.42. The van der Waals surface area contributed by atoms with Crippen LogP contribution in [0.3, 0.4) is 0 Å². The molecule has 0 aromatic carbocycles. The Hall–Kier alpha value is -0.140. The minimum absolute atomic E-state index is 0.181. The van der Waals surface area contributed by atoms with E-state index >= 15 is 0 Å². The molecule has 5 nitrogen and oxygen atoms in total. The molecule has 72 valence electrons. The second-order valence-corrected chi connectivity index (χ2v) is 7.12. The number of sulfonamides is 2. The zero-order valence-corrected chi connectivity index (χ0v) is 8.44. The Bertz CT molecular complexity index is 366. The number of rotatable bonds is 1.